The molecule has 1 aromatic carbocycles. The zero-order chi connectivity index (χ0) is 15.9. The first-order valence-corrected chi connectivity index (χ1v) is 6.74. The highest BCUT2D eigenvalue weighted by Crippen LogP contribution is 2.25. The maximum Gasteiger partial charge on any atom is 0.302 e. The van der Waals surface area contributed by atoms with Crippen molar-refractivity contribution in [2.24, 2.45) is 5.41 Å². The molecule has 0 aromatic heterocycles. The van der Waals surface area contributed by atoms with Crippen LogP contribution < -0.4 is 4.74 Å². The van der Waals surface area contributed by atoms with Crippen LogP contribution in [0.15, 0.2) is 24.3 Å². The maximum absolute atomic E-state index is 11.0. The molecule has 0 heterocycles. The summed E-state index contributed by atoms with van der Waals surface area (Å²) in [5.74, 6) is 0.0815. The van der Waals surface area contributed by atoms with E-state index in [-0.39, 0.29) is 25.2 Å². The van der Waals surface area contributed by atoms with Crippen LogP contribution in [0.3, 0.4) is 0 Å². The fourth-order valence-electron chi connectivity index (χ4n) is 1.93. The molecule has 0 saturated heterocycles. The third-order valence-electron chi connectivity index (χ3n) is 3.04. The van der Waals surface area contributed by atoms with Crippen molar-refractivity contribution in [1.82, 2.24) is 0 Å². The summed E-state index contributed by atoms with van der Waals surface area (Å²) < 4.78 is 15.3. The van der Waals surface area contributed by atoms with Crippen molar-refractivity contribution in [2.45, 2.75) is 27.2 Å². The summed E-state index contributed by atoms with van der Waals surface area (Å²) >= 11 is 0. The molecule has 21 heavy (non-hydrogen) atoms. The zero-order valence-electron chi connectivity index (χ0n) is 13.0. The molecule has 5 nitrogen and oxygen atoms in total. The van der Waals surface area contributed by atoms with Crippen molar-refractivity contribution in [3.05, 3.63) is 29.8 Å². The van der Waals surface area contributed by atoms with Crippen LogP contribution in [0.25, 0.3) is 0 Å². The number of carbonyl (C=O) groups excluding carboxylic acids is 2. The Bertz CT molecular complexity index is 460. The Morgan fingerprint density at radius 2 is 1.48 bits per heavy atom. The van der Waals surface area contributed by atoms with Crippen molar-refractivity contribution in [3.63, 3.8) is 0 Å². The van der Waals surface area contributed by atoms with Crippen LogP contribution in [0.1, 0.15) is 26.3 Å². The lowest BCUT2D eigenvalue weighted by Crippen LogP contribution is -2.33. The molecule has 0 unspecified atom stereocenters. The van der Waals surface area contributed by atoms with E-state index < -0.39 is 5.41 Å². The summed E-state index contributed by atoms with van der Waals surface area (Å²) in [6.07, 6.45) is 0.623. The van der Waals surface area contributed by atoms with Crippen LogP contribution in [0.2, 0.25) is 0 Å². The van der Waals surface area contributed by atoms with Gasteiger partial charge in [-0.05, 0) is 24.1 Å². The van der Waals surface area contributed by atoms with Crippen molar-refractivity contribution >= 4 is 11.9 Å². The monoisotopic (exact) mass is 294 g/mol. The summed E-state index contributed by atoms with van der Waals surface area (Å²) in [5, 5.41) is 0. The molecular weight excluding hydrogens is 272 g/mol. The van der Waals surface area contributed by atoms with Crippen LogP contribution >= 0.6 is 0 Å². The average molecular weight is 294 g/mol. The van der Waals surface area contributed by atoms with Crippen LogP contribution in [0, 0.1) is 5.41 Å². The lowest BCUT2D eigenvalue weighted by molar-refractivity contribution is -0.150. The van der Waals surface area contributed by atoms with Gasteiger partial charge in [0.25, 0.3) is 0 Å². The topological polar surface area (TPSA) is 61.8 Å². The van der Waals surface area contributed by atoms with Crippen molar-refractivity contribution in [2.75, 3.05) is 20.3 Å². The van der Waals surface area contributed by atoms with Crippen molar-refractivity contribution in [1.29, 1.82) is 0 Å². The van der Waals surface area contributed by atoms with E-state index in [2.05, 4.69) is 0 Å². The van der Waals surface area contributed by atoms with E-state index in [0.29, 0.717) is 6.42 Å². The number of methoxy groups -OCH3 is 1. The SMILES string of the molecule is COc1ccc(CC(C)(COC(C)=O)COC(C)=O)cc1. The lowest BCUT2D eigenvalue weighted by Gasteiger charge is -2.28. The molecule has 0 aliphatic heterocycles. The number of ether oxygens (including phenoxy) is 3. The number of rotatable bonds is 7. The van der Waals surface area contributed by atoms with E-state index in [0.717, 1.165) is 11.3 Å². The maximum atomic E-state index is 11.0. The normalized spacial score (nSPS) is 10.9. The smallest absolute Gasteiger partial charge is 0.302 e. The molecule has 116 valence electrons. The molecule has 0 bridgehead atoms. The first-order valence-electron chi connectivity index (χ1n) is 6.74. The zero-order valence-corrected chi connectivity index (χ0v) is 13.0. The highest BCUT2D eigenvalue weighted by molar-refractivity contribution is 5.66. The highest BCUT2D eigenvalue weighted by atomic mass is 16.5. The van der Waals surface area contributed by atoms with E-state index in [1.165, 1.54) is 13.8 Å². The van der Waals surface area contributed by atoms with E-state index >= 15 is 0 Å². The van der Waals surface area contributed by atoms with Gasteiger partial charge in [-0.15, -0.1) is 0 Å². The van der Waals surface area contributed by atoms with Crippen molar-refractivity contribution < 1.29 is 23.8 Å². The Morgan fingerprint density at radius 3 is 1.86 bits per heavy atom. The second kappa shape index (κ2) is 7.67. The summed E-state index contributed by atoms with van der Waals surface area (Å²) in [6.45, 7) is 5.03. The first kappa shape index (κ1) is 17.0. The van der Waals surface area contributed by atoms with E-state index in [1.807, 2.05) is 31.2 Å². The predicted octanol–water partition coefficient (Wildman–Crippen LogP) is 2.37. The molecule has 0 radical (unpaired) electrons. The van der Waals surface area contributed by atoms with Crippen LogP contribution in [-0.4, -0.2) is 32.3 Å². The van der Waals surface area contributed by atoms with Gasteiger partial charge in [-0.2, -0.15) is 0 Å². The number of esters is 2. The molecule has 5 heteroatoms. The van der Waals surface area contributed by atoms with Crippen LogP contribution in [0.4, 0.5) is 0 Å². The fourth-order valence-corrected chi connectivity index (χ4v) is 1.93. The third-order valence-corrected chi connectivity index (χ3v) is 3.04. The van der Waals surface area contributed by atoms with Gasteiger partial charge in [0.2, 0.25) is 0 Å². The molecule has 0 atom stereocenters. The molecule has 0 N–H and O–H groups in total. The molecule has 0 saturated carbocycles. The van der Waals surface area contributed by atoms with E-state index in [4.69, 9.17) is 14.2 Å². The van der Waals surface area contributed by atoms with Crippen LogP contribution in [-0.2, 0) is 25.5 Å². The Balaban J connectivity index is 2.78. The second-order valence-corrected chi connectivity index (χ2v) is 5.40. The van der Waals surface area contributed by atoms with Crippen molar-refractivity contribution in [3.8, 4) is 5.75 Å². The van der Waals surface area contributed by atoms with Gasteiger partial charge >= 0.3 is 11.9 Å². The van der Waals surface area contributed by atoms with Gasteiger partial charge in [-0.25, -0.2) is 0 Å². The minimum Gasteiger partial charge on any atom is -0.497 e. The standard InChI is InChI=1S/C16H22O5/c1-12(17)20-10-16(3,11-21-13(2)18)9-14-5-7-15(19-4)8-6-14/h5-8H,9-11H2,1-4H3. The lowest BCUT2D eigenvalue weighted by atomic mass is 9.85. The van der Waals surface area contributed by atoms with Gasteiger partial charge in [0.15, 0.2) is 0 Å². The minimum atomic E-state index is -0.466. The van der Waals surface area contributed by atoms with Gasteiger partial charge in [0.1, 0.15) is 19.0 Å². The number of benzene rings is 1. The Hall–Kier alpha value is -2.04. The van der Waals surface area contributed by atoms with Gasteiger partial charge in [-0.1, -0.05) is 19.1 Å². The predicted molar refractivity (Wildman–Crippen MR) is 78.1 cm³/mol. The summed E-state index contributed by atoms with van der Waals surface area (Å²) in [6, 6.07) is 7.62. The molecule has 1 aromatic rings. The average Bonchev–Trinajstić information content (AvgIpc) is 2.44. The summed E-state index contributed by atoms with van der Waals surface area (Å²) in [5.41, 5.74) is 0.587. The molecule has 0 amide bonds. The summed E-state index contributed by atoms with van der Waals surface area (Å²) in [7, 11) is 1.61. The molecule has 0 spiro atoms. The van der Waals surface area contributed by atoms with Gasteiger partial charge in [0.05, 0.1) is 7.11 Å². The number of hydrogen-bond acceptors (Lipinski definition) is 5. The Morgan fingerprint density at radius 1 is 1.00 bits per heavy atom. The number of carbonyl (C=O) groups is 2. The van der Waals surface area contributed by atoms with E-state index in [1.54, 1.807) is 7.11 Å². The molecule has 0 aliphatic rings. The molecule has 0 fully saturated rings. The van der Waals surface area contributed by atoms with E-state index in [9.17, 15) is 9.59 Å². The van der Waals surface area contributed by atoms with Crippen LogP contribution in [0.5, 0.6) is 5.75 Å². The second-order valence-electron chi connectivity index (χ2n) is 5.40. The third kappa shape index (κ3) is 6.29. The minimum absolute atomic E-state index is 0.196. The first-order chi connectivity index (χ1) is 9.84. The molecule has 0 aliphatic carbocycles. The Labute approximate surface area is 125 Å². The van der Waals surface area contributed by atoms with Gasteiger partial charge in [-0.3, -0.25) is 9.59 Å². The summed E-state index contributed by atoms with van der Waals surface area (Å²) in [4.78, 5) is 22.0. The fraction of sp³-hybridized carbons (Fsp3) is 0.500. The largest absolute Gasteiger partial charge is 0.497 e. The van der Waals surface area contributed by atoms with Gasteiger partial charge in [0, 0.05) is 19.3 Å². The van der Waals surface area contributed by atoms with Gasteiger partial charge < -0.3 is 14.2 Å². The molecule has 1 rings (SSSR count). The highest BCUT2D eigenvalue weighted by Gasteiger charge is 2.28. The quantitative estimate of drug-likeness (QED) is 0.722. The number of hydrogen-bond donors (Lipinski definition) is 0. The Kier molecular flexibility index (Phi) is 6.21. The molecular formula is C16H22O5.